The number of rotatable bonds is 7. The van der Waals surface area contributed by atoms with Crippen LogP contribution >= 0.6 is 11.6 Å². The molecule has 0 saturated heterocycles. The summed E-state index contributed by atoms with van der Waals surface area (Å²) in [6.45, 7) is 2.09. The molecule has 0 radical (unpaired) electrons. The van der Waals surface area contributed by atoms with Crippen molar-refractivity contribution in [1.82, 2.24) is 0 Å². The van der Waals surface area contributed by atoms with Crippen LogP contribution in [0.25, 0.3) is 5.57 Å². The fraction of sp³-hybridized carbons (Fsp3) is 0.133. The second-order valence-electron chi connectivity index (χ2n) is 8.56. The number of ketones is 1. The maximum absolute atomic E-state index is 14.1. The summed E-state index contributed by atoms with van der Waals surface area (Å²) >= 11 is 6.02. The fourth-order valence-corrected chi connectivity index (χ4v) is 4.37. The molecule has 1 amide bonds. The molecule has 38 heavy (non-hydrogen) atoms. The van der Waals surface area contributed by atoms with E-state index in [9.17, 15) is 19.2 Å². The smallest absolute Gasteiger partial charge is 0.338 e. The van der Waals surface area contributed by atoms with Gasteiger partial charge < -0.3 is 14.4 Å². The summed E-state index contributed by atoms with van der Waals surface area (Å²) in [6, 6.07) is 20.8. The van der Waals surface area contributed by atoms with Crippen LogP contribution in [-0.2, 0) is 30.4 Å². The zero-order chi connectivity index (χ0) is 27.4. The molecule has 7 nitrogen and oxygen atoms in total. The molecule has 0 atom stereocenters. The minimum atomic E-state index is -0.969. The third-order valence-corrected chi connectivity index (χ3v) is 6.33. The number of hydrogen-bond donors (Lipinski definition) is 0. The minimum absolute atomic E-state index is 0.0138. The molecule has 0 N–H and O–H groups in total. The van der Waals surface area contributed by atoms with Gasteiger partial charge in [-0.15, -0.1) is 0 Å². The van der Waals surface area contributed by atoms with Crippen molar-refractivity contribution >= 4 is 46.5 Å². The second-order valence-corrected chi connectivity index (χ2v) is 8.99. The lowest BCUT2D eigenvalue weighted by Gasteiger charge is -2.18. The van der Waals surface area contributed by atoms with Crippen LogP contribution in [0.3, 0.4) is 0 Å². The van der Waals surface area contributed by atoms with Crippen LogP contribution in [0.1, 0.15) is 27.0 Å². The lowest BCUT2D eigenvalue weighted by Crippen LogP contribution is -2.27. The standard InChI is InChI=1S/C30H24ClNO6/c1-18-9-14-24-22(15-18)27(29(35)32(24)17-19-7-5-4-6-8-19)26(23(30(36)38-3)16-25(33)37-2)28(34)20-10-12-21(31)13-11-20/h4-16H,17H2,1-3H3/b23-16+,27-26+. The van der Waals surface area contributed by atoms with E-state index in [0.29, 0.717) is 16.3 Å². The maximum Gasteiger partial charge on any atom is 0.338 e. The lowest BCUT2D eigenvalue weighted by molar-refractivity contribution is -0.138. The van der Waals surface area contributed by atoms with Crippen LogP contribution in [0.5, 0.6) is 0 Å². The summed E-state index contributed by atoms with van der Waals surface area (Å²) in [5.74, 6) is -3.00. The van der Waals surface area contributed by atoms with Gasteiger partial charge >= 0.3 is 11.9 Å². The van der Waals surface area contributed by atoms with Crippen molar-refractivity contribution in [3.05, 3.63) is 117 Å². The third-order valence-electron chi connectivity index (χ3n) is 6.08. The molecule has 0 fully saturated rings. The number of anilines is 1. The Kier molecular flexibility index (Phi) is 7.88. The second kappa shape index (κ2) is 11.3. The number of ether oxygens (including phenoxy) is 2. The number of aryl methyl sites for hydroxylation is 1. The van der Waals surface area contributed by atoms with Crippen molar-refractivity contribution in [3.63, 3.8) is 0 Å². The van der Waals surface area contributed by atoms with Crippen molar-refractivity contribution in [2.45, 2.75) is 13.5 Å². The Morgan fingerprint density at radius 1 is 0.921 bits per heavy atom. The summed E-state index contributed by atoms with van der Waals surface area (Å²) in [4.78, 5) is 54.9. The fourth-order valence-electron chi connectivity index (χ4n) is 4.25. The number of esters is 2. The summed E-state index contributed by atoms with van der Waals surface area (Å²) < 4.78 is 9.66. The van der Waals surface area contributed by atoms with Gasteiger partial charge in [-0.05, 0) is 48.9 Å². The average Bonchev–Trinajstić information content (AvgIpc) is 3.18. The molecule has 1 aliphatic rings. The van der Waals surface area contributed by atoms with Crippen LogP contribution in [0.15, 0.2) is 90.0 Å². The summed E-state index contributed by atoms with van der Waals surface area (Å²) in [6.07, 6.45) is 0.866. The zero-order valence-corrected chi connectivity index (χ0v) is 21.7. The quantitative estimate of drug-likeness (QED) is 0.240. The van der Waals surface area contributed by atoms with Crippen molar-refractivity contribution < 1.29 is 28.7 Å². The van der Waals surface area contributed by atoms with Crippen LogP contribution in [0.4, 0.5) is 5.69 Å². The largest absolute Gasteiger partial charge is 0.466 e. The molecule has 0 aliphatic carbocycles. The van der Waals surface area contributed by atoms with Gasteiger partial charge in [-0.1, -0.05) is 53.6 Å². The Balaban J connectivity index is 2.03. The molecule has 4 rings (SSSR count). The highest BCUT2D eigenvalue weighted by Gasteiger charge is 2.39. The van der Waals surface area contributed by atoms with Gasteiger partial charge in [0, 0.05) is 22.2 Å². The van der Waals surface area contributed by atoms with Gasteiger partial charge in [0.2, 0.25) is 0 Å². The highest BCUT2D eigenvalue weighted by molar-refractivity contribution is 6.40. The first kappa shape index (κ1) is 26.6. The number of amides is 1. The number of hydrogen-bond acceptors (Lipinski definition) is 6. The first-order valence-electron chi connectivity index (χ1n) is 11.6. The molecule has 0 aromatic heterocycles. The number of carbonyl (C=O) groups is 4. The molecular formula is C30H24ClNO6. The zero-order valence-electron chi connectivity index (χ0n) is 21.0. The molecule has 1 aliphatic heterocycles. The van der Waals surface area contributed by atoms with E-state index in [-0.39, 0.29) is 23.3 Å². The molecule has 192 valence electrons. The van der Waals surface area contributed by atoms with Crippen molar-refractivity contribution in [1.29, 1.82) is 0 Å². The summed E-state index contributed by atoms with van der Waals surface area (Å²) in [7, 11) is 2.27. The van der Waals surface area contributed by atoms with E-state index in [1.54, 1.807) is 17.0 Å². The van der Waals surface area contributed by atoms with Gasteiger partial charge in [0.25, 0.3) is 5.91 Å². The van der Waals surface area contributed by atoms with E-state index < -0.39 is 29.2 Å². The number of fused-ring (bicyclic) bond motifs is 1. The maximum atomic E-state index is 14.1. The molecule has 0 unspecified atom stereocenters. The van der Waals surface area contributed by atoms with Crippen LogP contribution in [0, 0.1) is 6.92 Å². The molecular weight excluding hydrogens is 506 g/mol. The average molecular weight is 530 g/mol. The molecule has 0 spiro atoms. The van der Waals surface area contributed by atoms with Gasteiger partial charge in [0.1, 0.15) is 0 Å². The van der Waals surface area contributed by atoms with E-state index in [1.165, 1.54) is 24.3 Å². The minimum Gasteiger partial charge on any atom is -0.466 e. The third kappa shape index (κ3) is 5.28. The molecule has 0 bridgehead atoms. The highest BCUT2D eigenvalue weighted by atomic mass is 35.5. The van der Waals surface area contributed by atoms with Crippen LogP contribution < -0.4 is 4.90 Å². The molecule has 3 aromatic carbocycles. The summed E-state index contributed by atoms with van der Waals surface area (Å²) in [5.41, 5.74) is 2.24. The Bertz CT molecular complexity index is 1490. The highest BCUT2D eigenvalue weighted by Crippen LogP contribution is 2.42. The van der Waals surface area contributed by atoms with Crippen LogP contribution in [0.2, 0.25) is 5.02 Å². The predicted octanol–water partition coefficient (Wildman–Crippen LogP) is 5.10. The van der Waals surface area contributed by atoms with Crippen molar-refractivity contribution in [2.24, 2.45) is 0 Å². The Morgan fingerprint density at radius 2 is 1.61 bits per heavy atom. The first-order valence-corrected chi connectivity index (χ1v) is 12.0. The Morgan fingerprint density at radius 3 is 2.24 bits per heavy atom. The SMILES string of the molecule is COC(=O)/C=C(C(=O)OC)\C(C(=O)c1ccc(Cl)cc1)=C1/C(=O)N(Cc2ccccc2)c2ccc(C)cc21. The molecule has 1 heterocycles. The summed E-state index contributed by atoms with van der Waals surface area (Å²) in [5, 5.41) is 0.404. The monoisotopic (exact) mass is 529 g/mol. The molecule has 3 aromatic rings. The van der Waals surface area contributed by atoms with Gasteiger partial charge in [-0.25, -0.2) is 9.59 Å². The van der Waals surface area contributed by atoms with E-state index in [4.69, 9.17) is 21.1 Å². The first-order chi connectivity index (χ1) is 18.2. The van der Waals surface area contributed by atoms with E-state index in [1.807, 2.05) is 43.3 Å². The van der Waals surface area contributed by atoms with Gasteiger partial charge in [0.15, 0.2) is 5.78 Å². The molecule has 0 saturated carbocycles. The van der Waals surface area contributed by atoms with Gasteiger partial charge in [-0.2, -0.15) is 0 Å². The Labute approximate surface area is 224 Å². The number of Topliss-reactive ketones (excluding diaryl/α,β-unsaturated/α-hetero) is 1. The van der Waals surface area contributed by atoms with Gasteiger partial charge in [-0.3, -0.25) is 9.59 Å². The number of nitrogens with zero attached hydrogens (tertiary/aromatic N) is 1. The normalized spacial score (nSPS) is 14.2. The van der Waals surface area contributed by atoms with E-state index >= 15 is 0 Å². The number of halogens is 1. The molecule has 8 heteroatoms. The van der Waals surface area contributed by atoms with Crippen LogP contribution in [-0.4, -0.2) is 37.8 Å². The lowest BCUT2D eigenvalue weighted by atomic mass is 9.88. The van der Waals surface area contributed by atoms with E-state index in [2.05, 4.69) is 0 Å². The number of methoxy groups -OCH3 is 2. The topological polar surface area (TPSA) is 90.0 Å². The van der Waals surface area contributed by atoms with Crippen molar-refractivity contribution in [3.8, 4) is 0 Å². The van der Waals surface area contributed by atoms with E-state index in [0.717, 1.165) is 31.4 Å². The number of carbonyl (C=O) groups excluding carboxylic acids is 4. The number of benzene rings is 3. The Hall–Kier alpha value is -4.49. The van der Waals surface area contributed by atoms with Gasteiger partial charge in [0.05, 0.1) is 43.2 Å². The predicted molar refractivity (Wildman–Crippen MR) is 144 cm³/mol. The van der Waals surface area contributed by atoms with Crippen molar-refractivity contribution in [2.75, 3.05) is 19.1 Å².